The van der Waals surface area contributed by atoms with Crippen LogP contribution in [-0.4, -0.2) is 17.1 Å². The number of nitrogens with one attached hydrogen (secondary N) is 2. The van der Waals surface area contributed by atoms with E-state index in [1.807, 2.05) is 72.8 Å². The van der Waals surface area contributed by atoms with Crippen LogP contribution >= 0.6 is 0 Å². The fraction of sp³-hybridized carbons (Fsp3) is 0.0909. The molecule has 4 rings (SSSR count). The molecule has 0 saturated carbocycles. The van der Waals surface area contributed by atoms with Gasteiger partial charge in [0.15, 0.2) is 0 Å². The number of hydrogen-bond donors (Lipinski definition) is 2. The molecule has 0 unspecified atom stereocenters. The van der Waals surface area contributed by atoms with Crippen LogP contribution in [-0.2, 0) is 6.54 Å². The Balaban J connectivity index is 1.64. The van der Waals surface area contributed by atoms with E-state index in [0.29, 0.717) is 18.3 Å². The zero-order valence-electron chi connectivity index (χ0n) is 15.4. The highest BCUT2D eigenvalue weighted by atomic mass is 16.5. The second-order valence-electron chi connectivity index (χ2n) is 6.12. The third kappa shape index (κ3) is 4.29. The molecular weight excluding hydrogens is 352 g/mol. The molecule has 0 saturated heterocycles. The summed E-state index contributed by atoms with van der Waals surface area (Å²) in [7, 11) is 1.64. The fourth-order valence-corrected chi connectivity index (χ4v) is 2.77. The summed E-state index contributed by atoms with van der Waals surface area (Å²) in [6, 6.07) is 23.4. The van der Waals surface area contributed by atoms with Crippen molar-refractivity contribution >= 4 is 17.5 Å². The van der Waals surface area contributed by atoms with E-state index in [2.05, 4.69) is 20.6 Å². The second-order valence-corrected chi connectivity index (χ2v) is 6.12. The molecule has 2 heterocycles. The molecule has 0 aliphatic heterocycles. The number of ether oxygens (including phenoxy) is 1. The minimum atomic E-state index is 0.497. The van der Waals surface area contributed by atoms with Gasteiger partial charge in [-0.15, -0.1) is 0 Å². The molecule has 2 aromatic heterocycles. The Morgan fingerprint density at radius 2 is 1.82 bits per heavy atom. The van der Waals surface area contributed by atoms with Crippen LogP contribution in [0.4, 0.5) is 17.5 Å². The smallest absolute Gasteiger partial charge is 0.229 e. The van der Waals surface area contributed by atoms with E-state index in [1.165, 1.54) is 0 Å². The van der Waals surface area contributed by atoms with Gasteiger partial charge in [-0.3, -0.25) is 0 Å². The zero-order chi connectivity index (χ0) is 19.2. The normalized spacial score (nSPS) is 10.5. The van der Waals surface area contributed by atoms with Gasteiger partial charge in [-0.1, -0.05) is 36.4 Å². The number of rotatable bonds is 7. The molecule has 0 fully saturated rings. The van der Waals surface area contributed by atoms with Gasteiger partial charge in [-0.2, -0.15) is 4.98 Å². The van der Waals surface area contributed by atoms with Gasteiger partial charge in [0.2, 0.25) is 5.95 Å². The second kappa shape index (κ2) is 8.26. The van der Waals surface area contributed by atoms with Crippen molar-refractivity contribution in [1.82, 2.24) is 9.97 Å². The van der Waals surface area contributed by atoms with Crippen LogP contribution in [0, 0.1) is 0 Å². The predicted molar refractivity (Wildman–Crippen MR) is 110 cm³/mol. The van der Waals surface area contributed by atoms with E-state index in [-0.39, 0.29) is 0 Å². The number of furan rings is 1. The SMILES string of the molecule is COc1cccc(Nc2nc(NCc3ccco3)cc(-c3ccccc3)n2)c1. The summed E-state index contributed by atoms with van der Waals surface area (Å²) in [6.45, 7) is 0.539. The molecule has 0 bridgehead atoms. The maximum atomic E-state index is 5.39. The van der Waals surface area contributed by atoms with Gasteiger partial charge in [-0.05, 0) is 24.3 Å². The summed E-state index contributed by atoms with van der Waals surface area (Å²) in [5.41, 5.74) is 2.68. The number of methoxy groups -OCH3 is 1. The highest BCUT2D eigenvalue weighted by molar-refractivity contribution is 5.66. The fourth-order valence-electron chi connectivity index (χ4n) is 2.77. The molecule has 2 N–H and O–H groups in total. The van der Waals surface area contributed by atoms with Crippen molar-refractivity contribution in [3.05, 3.63) is 84.8 Å². The van der Waals surface area contributed by atoms with Gasteiger partial charge in [0.05, 0.1) is 25.6 Å². The van der Waals surface area contributed by atoms with Crippen molar-refractivity contribution < 1.29 is 9.15 Å². The number of aromatic nitrogens is 2. The lowest BCUT2D eigenvalue weighted by Crippen LogP contribution is -2.05. The van der Waals surface area contributed by atoms with Gasteiger partial charge in [0, 0.05) is 23.4 Å². The van der Waals surface area contributed by atoms with Crippen LogP contribution in [0.15, 0.2) is 83.5 Å². The van der Waals surface area contributed by atoms with E-state index in [1.54, 1.807) is 13.4 Å². The van der Waals surface area contributed by atoms with Crippen LogP contribution in [0.1, 0.15) is 5.76 Å². The molecule has 4 aromatic rings. The summed E-state index contributed by atoms with van der Waals surface area (Å²) in [5.74, 6) is 2.80. The topological polar surface area (TPSA) is 72.2 Å². The number of benzene rings is 2. The Kier molecular flexibility index (Phi) is 5.20. The molecule has 2 aromatic carbocycles. The van der Waals surface area contributed by atoms with Crippen molar-refractivity contribution in [2.24, 2.45) is 0 Å². The van der Waals surface area contributed by atoms with Crippen molar-refractivity contribution in [3.63, 3.8) is 0 Å². The lowest BCUT2D eigenvalue weighted by atomic mass is 10.1. The number of hydrogen-bond acceptors (Lipinski definition) is 6. The Bertz CT molecular complexity index is 1030. The molecule has 140 valence electrons. The average Bonchev–Trinajstić information content (AvgIpc) is 3.27. The van der Waals surface area contributed by atoms with E-state index in [4.69, 9.17) is 9.15 Å². The average molecular weight is 372 g/mol. The minimum absolute atomic E-state index is 0.497. The third-order valence-corrected chi connectivity index (χ3v) is 4.15. The number of anilines is 3. The first-order chi connectivity index (χ1) is 13.8. The standard InChI is InChI=1S/C22H20N4O2/c1-27-18-10-5-9-17(13-18)24-22-25-20(16-7-3-2-4-8-16)14-21(26-22)23-15-19-11-6-12-28-19/h2-14H,15H2,1H3,(H2,23,24,25,26). The predicted octanol–water partition coefficient (Wildman–Crippen LogP) is 5.10. The van der Waals surface area contributed by atoms with Gasteiger partial charge >= 0.3 is 0 Å². The van der Waals surface area contributed by atoms with Gasteiger partial charge in [0.25, 0.3) is 0 Å². The van der Waals surface area contributed by atoms with Crippen molar-refractivity contribution in [2.75, 3.05) is 17.7 Å². The Hall–Kier alpha value is -3.80. The van der Waals surface area contributed by atoms with E-state index < -0.39 is 0 Å². The van der Waals surface area contributed by atoms with Crippen molar-refractivity contribution in [2.45, 2.75) is 6.54 Å². The van der Waals surface area contributed by atoms with E-state index in [9.17, 15) is 0 Å². The van der Waals surface area contributed by atoms with Gasteiger partial charge in [-0.25, -0.2) is 4.98 Å². The summed E-state index contributed by atoms with van der Waals surface area (Å²) in [4.78, 5) is 9.27. The molecule has 0 amide bonds. The van der Waals surface area contributed by atoms with Crippen LogP contribution in [0.5, 0.6) is 5.75 Å². The maximum absolute atomic E-state index is 5.39. The first-order valence-electron chi connectivity index (χ1n) is 8.92. The molecule has 0 atom stereocenters. The third-order valence-electron chi connectivity index (χ3n) is 4.15. The molecule has 0 spiro atoms. The van der Waals surface area contributed by atoms with E-state index >= 15 is 0 Å². The van der Waals surface area contributed by atoms with Gasteiger partial charge in [0.1, 0.15) is 17.3 Å². The van der Waals surface area contributed by atoms with Crippen molar-refractivity contribution in [1.29, 1.82) is 0 Å². The molecular formula is C22H20N4O2. The van der Waals surface area contributed by atoms with E-state index in [0.717, 1.165) is 28.5 Å². The van der Waals surface area contributed by atoms with Crippen molar-refractivity contribution in [3.8, 4) is 17.0 Å². The van der Waals surface area contributed by atoms with Crippen LogP contribution in [0.3, 0.4) is 0 Å². The molecule has 28 heavy (non-hydrogen) atoms. The van der Waals surface area contributed by atoms with Gasteiger partial charge < -0.3 is 19.8 Å². The zero-order valence-corrected chi connectivity index (χ0v) is 15.4. The maximum Gasteiger partial charge on any atom is 0.229 e. The molecule has 0 radical (unpaired) electrons. The monoisotopic (exact) mass is 372 g/mol. The Morgan fingerprint density at radius 3 is 2.61 bits per heavy atom. The lowest BCUT2D eigenvalue weighted by molar-refractivity contribution is 0.415. The summed E-state index contributed by atoms with van der Waals surface area (Å²) in [6.07, 6.45) is 1.65. The first-order valence-corrected chi connectivity index (χ1v) is 8.92. The molecule has 6 heteroatoms. The van der Waals surface area contributed by atoms with Crippen LogP contribution in [0.25, 0.3) is 11.3 Å². The summed E-state index contributed by atoms with van der Waals surface area (Å²) >= 11 is 0. The summed E-state index contributed by atoms with van der Waals surface area (Å²) < 4.78 is 10.7. The number of nitrogens with zero attached hydrogens (tertiary/aromatic N) is 2. The first kappa shape index (κ1) is 17.6. The Labute approximate surface area is 163 Å². The lowest BCUT2D eigenvalue weighted by Gasteiger charge is -2.11. The molecule has 0 aliphatic carbocycles. The minimum Gasteiger partial charge on any atom is -0.497 e. The highest BCUT2D eigenvalue weighted by Gasteiger charge is 2.08. The van der Waals surface area contributed by atoms with Crippen LogP contribution in [0.2, 0.25) is 0 Å². The molecule has 6 nitrogen and oxygen atoms in total. The quantitative estimate of drug-likeness (QED) is 0.470. The largest absolute Gasteiger partial charge is 0.497 e. The van der Waals surface area contributed by atoms with Crippen LogP contribution < -0.4 is 15.4 Å². The molecule has 0 aliphatic rings. The highest BCUT2D eigenvalue weighted by Crippen LogP contribution is 2.25. The summed E-state index contributed by atoms with van der Waals surface area (Å²) in [5, 5.41) is 6.55. The Morgan fingerprint density at radius 1 is 0.929 bits per heavy atom.